The number of halogens is 2. The van der Waals surface area contributed by atoms with E-state index >= 15 is 0 Å². The first kappa shape index (κ1) is 18.0. The first-order chi connectivity index (χ1) is 13.1. The van der Waals surface area contributed by atoms with Gasteiger partial charge in [-0.25, -0.2) is 4.98 Å². The van der Waals surface area contributed by atoms with Gasteiger partial charge in [0.1, 0.15) is 0 Å². The van der Waals surface area contributed by atoms with Gasteiger partial charge in [-0.1, -0.05) is 41.0 Å². The molecule has 0 saturated heterocycles. The fourth-order valence-electron chi connectivity index (χ4n) is 2.68. The number of thioether (sulfide) groups is 1. The van der Waals surface area contributed by atoms with E-state index in [1.165, 1.54) is 11.8 Å². The zero-order valence-electron chi connectivity index (χ0n) is 14.0. The van der Waals surface area contributed by atoms with Crippen LogP contribution in [0.4, 0.5) is 0 Å². The lowest BCUT2D eigenvalue weighted by atomic mass is 10.2. The third kappa shape index (κ3) is 3.86. The van der Waals surface area contributed by atoms with Crippen LogP contribution in [-0.4, -0.2) is 14.5 Å². The third-order valence-corrected chi connectivity index (χ3v) is 5.47. The van der Waals surface area contributed by atoms with Crippen LogP contribution in [0.2, 0.25) is 10.0 Å². The van der Waals surface area contributed by atoms with Crippen LogP contribution in [-0.2, 0) is 5.75 Å². The minimum atomic E-state index is -0.146. The van der Waals surface area contributed by atoms with Crippen molar-refractivity contribution in [2.24, 2.45) is 0 Å². The lowest BCUT2D eigenvalue weighted by Crippen LogP contribution is -2.21. The molecular weight excluding hydrogens is 401 g/mol. The molecule has 2 aromatic heterocycles. The summed E-state index contributed by atoms with van der Waals surface area (Å²) in [6, 6.07) is 16.1. The second-order valence-corrected chi connectivity index (χ2v) is 7.64. The van der Waals surface area contributed by atoms with Crippen molar-refractivity contribution in [2.45, 2.75) is 10.9 Å². The SMILES string of the molecule is O=c1c2ccc(Cl)cc2nc(SCc2cccnc2)n1-c1ccc(Cl)cc1. The molecule has 0 amide bonds. The second kappa shape index (κ2) is 7.72. The summed E-state index contributed by atoms with van der Waals surface area (Å²) in [5, 5.41) is 2.25. The van der Waals surface area contributed by atoms with Gasteiger partial charge in [0.05, 0.1) is 16.6 Å². The molecule has 4 nitrogen and oxygen atoms in total. The molecule has 4 aromatic rings. The topological polar surface area (TPSA) is 47.8 Å². The Kier molecular flexibility index (Phi) is 5.16. The molecule has 2 aromatic carbocycles. The summed E-state index contributed by atoms with van der Waals surface area (Å²) in [5.41, 5.74) is 2.19. The number of pyridine rings is 1. The summed E-state index contributed by atoms with van der Waals surface area (Å²) >= 11 is 13.6. The Morgan fingerprint density at radius 1 is 1.00 bits per heavy atom. The molecule has 4 rings (SSSR count). The van der Waals surface area contributed by atoms with E-state index in [1.54, 1.807) is 59.4 Å². The predicted molar refractivity (Wildman–Crippen MR) is 111 cm³/mol. The number of hydrogen-bond donors (Lipinski definition) is 0. The fourth-order valence-corrected chi connectivity index (χ4v) is 3.92. The van der Waals surface area contributed by atoms with Gasteiger partial charge in [0.2, 0.25) is 0 Å². The summed E-state index contributed by atoms with van der Waals surface area (Å²) in [6.45, 7) is 0. The minimum Gasteiger partial charge on any atom is -0.268 e. The van der Waals surface area contributed by atoms with Crippen molar-refractivity contribution in [1.29, 1.82) is 0 Å². The van der Waals surface area contributed by atoms with Crippen LogP contribution in [0.5, 0.6) is 0 Å². The zero-order chi connectivity index (χ0) is 18.8. The molecular formula is C20H13Cl2N3OS. The molecule has 0 N–H and O–H groups in total. The normalized spacial score (nSPS) is 11.0. The van der Waals surface area contributed by atoms with Crippen molar-refractivity contribution in [3.8, 4) is 5.69 Å². The fraction of sp³-hybridized carbons (Fsp3) is 0.0500. The first-order valence-corrected chi connectivity index (χ1v) is 9.86. The van der Waals surface area contributed by atoms with Gasteiger partial charge >= 0.3 is 0 Å². The highest BCUT2D eigenvalue weighted by atomic mass is 35.5. The van der Waals surface area contributed by atoms with Crippen LogP contribution in [0.3, 0.4) is 0 Å². The molecule has 134 valence electrons. The molecule has 0 aliphatic rings. The molecule has 0 atom stereocenters. The van der Waals surface area contributed by atoms with Gasteiger partial charge in [-0.3, -0.25) is 14.3 Å². The van der Waals surface area contributed by atoms with E-state index in [2.05, 4.69) is 4.98 Å². The van der Waals surface area contributed by atoms with Crippen LogP contribution in [0.15, 0.2) is 76.9 Å². The average Bonchev–Trinajstić information content (AvgIpc) is 2.68. The molecule has 0 saturated carbocycles. The Morgan fingerprint density at radius 2 is 1.78 bits per heavy atom. The molecule has 0 radical (unpaired) electrons. The summed E-state index contributed by atoms with van der Waals surface area (Å²) in [4.78, 5) is 22.0. The second-order valence-electron chi connectivity index (χ2n) is 5.82. The van der Waals surface area contributed by atoms with Gasteiger partial charge in [-0.2, -0.15) is 0 Å². The van der Waals surface area contributed by atoms with Crippen molar-refractivity contribution in [3.63, 3.8) is 0 Å². The zero-order valence-corrected chi connectivity index (χ0v) is 16.3. The van der Waals surface area contributed by atoms with Crippen LogP contribution in [0.1, 0.15) is 5.56 Å². The van der Waals surface area contributed by atoms with E-state index < -0.39 is 0 Å². The van der Waals surface area contributed by atoms with Crippen LogP contribution < -0.4 is 5.56 Å². The highest BCUT2D eigenvalue weighted by molar-refractivity contribution is 7.98. The standard InChI is InChI=1S/C20H13Cl2N3OS/c21-14-3-6-16(7-4-14)25-19(26)17-8-5-15(22)10-18(17)24-20(25)27-12-13-2-1-9-23-11-13/h1-11H,12H2. The summed E-state index contributed by atoms with van der Waals surface area (Å²) < 4.78 is 1.60. The Balaban J connectivity index is 1.87. The van der Waals surface area contributed by atoms with Crippen molar-refractivity contribution in [1.82, 2.24) is 14.5 Å². The largest absolute Gasteiger partial charge is 0.268 e. The summed E-state index contributed by atoms with van der Waals surface area (Å²) in [7, 11) is 0. The molecule has 27 heavy (non-hydrogen) atoms. The van der Waals surface area contributed by atoms with Gasteiger partial charge in [0.15, 0.2) is 5.16 Å². The first-order valence-electron chi connectivity index (χ1n) is 8.12. The molecule has 0 aliphatic heterocycles. The summed E-state index contributed by atoms with van der Waals surface area (Å²) in [6.07, 6.45) is 3.53. The number of hydrogen-bond acceptors (Lipinski definition) is 4. The maximum Gasteiger partial charge on any atom is 0.266 e. The van der Waals surface area contributed by atoms with Gasteiger partial charge in [0.25, 0.3) is 5.56 Å². The quantitative estimate of drug-likeness (QED) is 0.332. The molecule has 7 heteroatoms. The molecule has 0 spiro atoms. The maximum absolute atomic E-state index is 13.2. The monoisotopic (exact) mass is 413 g/mol. The predicted octanol–water partition coefficient (Wildman–Crippen LogP) is 5.38. The van der Waals surface area contributed by atoms with Gasteiger partial charge in [-0.15, -0.1) is 0 Å². The summed E-state index contributed by atoms with van der Waals surface area (Å²) in [5.74, 6) is 0.639. The molecule has 2 heterocycles. The maximum atomic E-state index is 13.2. The van der Waals surface area contributed by atoms with E-state index in [0.717, 1.165) is 5.56 Å². The highest BCUT2D eigenvalue weighted by Gasteiger charge is 2.14. The Bertz CT molecular complexity index is 1160. The van der Waals surface area contributed by atoms with Crippen LogP contribution in [0, 0.1) is 0 Å². The van der Waals surface area contributed by atoms with Gasteiger partial charge in [-0.05, 0) is 54.1 Å². The van der Waals surface area contributed by atoms with Crippen molar-refractivity contribution < 1.29 is 0 Å². The van der Waals surface area contributed by atoms with E-state index in [1.807, 2.05) is 12.1 Å². The number of aromatic nitrogens is 3. The van der Waals surface area contributed by atoms with Gasteiger partial charge < -0.3 is 0 Å². The number of nitrogens with zero attached hydrogens (tertiary/aromatic N) is 3. The van der Waals surface area contributed by atoms with E-state index in [9.17, 15) is 4.79 Å². The number of rotatable bonds is 4. The molecule has 0 fully saturated rings. The van der Waals surface area contributed by atoms with Crippen molar-refractivity contribution >= 4 is 45.9 Å². The Labute approximate surface area is 169 Å². The smallest absolute Gasteiger partial charge is 0.266 e. The third-order valence-electron chi connectivity index (χ3n) is 3.98. The molecule has 0 bridgehead atoms. The van der Waals surface area contributed by atoms with Crippen LogP contribution >= 0.6 is 35.0 Å². The van der Waals surface area contributed by atoms with Crippen LogP contribution in [0.25, 0.3) is 16.6 Å². The number of fused-ring (bicyclic) bond motifs is 1. The number of benzene rings is 2. The van der Waals surface area contributed by atoms with E-state index in [-0.39, 0.29) is 5.56 Å². The lowest BCUT2D eigenvalue weighted by molar-refractivity contribution is 0.819. The Hall–Kier alpha value is -2.34. The molecule has 0 aliphatic carbocycles. The highest BCUT2D eigenvalue weighted by Crippen LogP contribution is 2.26. The lowest BCUT2D eigenvalue weighted by Gasteiger charge is -2.13. The Morgan fingerprint density at radius 3 is 2.52 bits per heavy atom. The van der Waals surface area contributed by atoms with E-state index in [4.69, 9.17) is 28.2 Å². The van der Waals surface area contributed by atoms with Crippen molar-refractivity contribution in [2.75, 3.05) is 0 Å². The minimum absolute atomic E-state index is 0.146. The van der Waals surface area contributed by atoms with E-state index in [0.29, 0.717) is 37.5 Å². The average molecular weight is 414 g/mol. The van der Waals surface area contributed by atoms with Crippen molar-refractivity contribution in [3.05, 3.63) is 93.0 Å². The van der Waals surface area contributed by atoms with Gasteiger partial charge in [0, 0.05) is 28.2 Å². The molecule has 0 unspecified atom stereocenters.